The molecule has 142 valence electrons. The number of hydrogen-bond donors (Lipinski definition) is 0. The molecule has 1 aliphatic heterocycles. The molecule has 0 saturated carbocycles. The van der Waals surface area contributed by atoms with Crippen molar-refractivity contribution in [1.29, 1.82) is 0 Å². The number of benzene rings is 2. The number of ether oxygens (including phenoxy) is 2. The highest BCUT2D eigenvalue weighted by Crippen LogP contribution is 2.24. The molecule has 1 heterocycles. The van der Waals surface area contributed by atoms with Crippen LogP contribution >= 0.6 is 0 Å². The third kappa shape index (κ3) is 4.78. The van der Waals surface area contributed by atoms with Crippen LogP contribution in [0.3, 0.4) is 0 Å². The Kier molecular flexibility index (Phi) is 5.96. The molecule has 1 fully saturated rings. The van der Waals surface area contributed by atoms with Gasteiger partial charge in [0, 0.05) is 20.6 Å². The summed E-state index contributed by atoms with van der Waals surface area (Å²) >= 11 is 0. The van der Waals surface area contributed by atoms with Crippen LogP contribution in [-0.4, -0.2) is 54.9 Å². The summed E-state index contributed by atoms with van der Waals surface area (Å²) in [6, 6.07) is 16.2. The summed E-state index contributed by atoms with van der Waals surface area (Å²) in [4.78, 5) is 27.8. The van der Waals surface area contributed by atoms with Gasteiger partial charge in [0.2, 0.25) is 5.91 Å². The molecule has 1 aliphatic rings. The summed E-state index contributed by atoms with van der Waals surface area (Å²) in [6.45, 7) is 0.506. The second-order valence-electron chi connectivity index (χ2n) is 6.65. The summed E-state index contributed by atoms with van der Waals surface area (Å²) in [5, 5.41) is 0. The number of nitrogens with zero attached hydrogens (tertiary/aromatic N) is 2. The van der Waals surface area contributed by atoms with E-state index in [4.69, 9.17) is 9.47 Å². The average Bonchev–Trinajstić information content (AvgIpc) is 3.17. The third-order valence-corrected chi connectivity index (χ3v) is 4.46. The van der Waals surface area contributed by atoms with Gasteiger partial charge < -0.3 is 19.3 Å². The predicted octanol–water partition coefficient (Wildman–Crippen LogP) is 2.94. The molecule has 2 aromatic rings. The van der Waals surface area contributed by atoms with E-state index in [0.717, 1.165) is 12.2 Å². The van der Waals surface area contributed by atoms with Gasteiger partial charge in [-0.05, 0) is 49.2 Å². The molecule has 0 spiro atoms. The van der Waals surface area contributed by atoms with E-state index in [2.05, 4.69) is 0 Å². The lowest BCUT2D eigenvalue weighted by atomic mass is 10.2. The fourth-order valence-electron chi connectivity index (χ4n) is 3.08. The molecule has 0 bridgehead atoms. The van der Waals surface area contributed by atoms with Gasteiger partial charge in [-0.2, -0.15) is 0 Å². The SMILES string of the molecule is CN(C)C(=O)C1CCCN1C(=O)COc1ccc(Oc2ccccc2)cc1. The molecule has 6 nitrogen and oxygen atoms in total. The van der Waals surface area contributed by atoms with Crippen LogP contribution in [0.25, 0.3) is 0 Å². The van der Waals surface area contributed by atoms with Gasteiger partial charge in [0.25, 0.3) is 5.91 Å². The van der Waals surface area contributed by atoms with Crippen molar-refractivity contribution in [2.24, 2.45) is 0 Å². The van der Waals surface area contributed by atoms with Gasteiger partial charge in [-0.3, -0.25) is 9.59 Å². The van der Waals surface area contributed by atoms with Gasteiger partial charge in [-0.15, -0.1) is 0 Å². The van der Waals surface area contributed by atoms with Crippen LogP contribution in [-0.2, 0) is 9.59 Å². The number of carbonyl (C=O) groups excluding carboxylic acids is 2. The Labute approximate surface area is 159 Å². The molecule has 2 aromatic carbocycles. The van der Waals surface area contributed by atoms with Crippen molar-refractivity contribution in [3.8, 4) is 17.2 Å². The number of para-hydroxylation sites is 1. The van der Waals surface area contributed by atoms with Crippen LogP contribution in [0.1, 0.15) is 12.8 Å². The predicted molar refractivity (Wildman–Crippen MR) is 102 cm³/mol. The Balaban J connectivity index is 1.53. The lowest BCUT2D eigenvalue weighted by Crippen LogP contribution is -2.46. The summed E-state index contributed by atoms with van der Waals surface area (Å²) < 4.78 is 11.3. The molecular weight excluding hydrogens is 344 g/mol. The molecule has 0 aliphatic carbocycles. The number of hydrogen-bond acceptors (Lipinski definition) is 4. The van der Waals surface area contributed by atoms with Gasteiger partial charge in [0.1, 0.15) is 23.3 Å². The van der Waals surface area contributed by atoms with E-state index in [-0.39, 0.29) is 24.5 Å². The minimum Gasteiger partial charge on any atom is -0.484 e. The molecule has 2 amide bonds. The topological polar surface area (TPSA) is 59.1 Å². The highest BCUT2D eigenvalue weighted by molar-refractivity contribution is 5.88. The molecule has 1 unspecified atom stereocenters. The Morgan fingerprint density at radius 3 is 2.30 bits per heavy atom. The van der Waals surface area contributed by atoms with E-state index in [1.165, 1.54) is 4.90 Å². The van der Waals surface area contributed by atoms with Crippen molar-refractivity contribution >= 4 is 11.8 Å². The fraction of sp³-hybridized carbons (Fsp3) is 0.333. The normalized spacial score (nSPS) is 16.1. The van der Waals surface area contributed by atoms with Gasteiger partial charge in [0.15, 0.2) is 6.61 Å². The number of rotatable bonds is 6. The van der Waals surface area contributed by atoms with Crippen LogP contribution < -0.4 is 9.47 Å². The standard InChI is InChI=1S/C21H24N2O4/c1-22(2)21(25)19-9-6-14-23(19)20(24)15-26-16-10-12-18(13-11-16)27-17-7-4-3-5-8-17/h3-5,7-8,10-13,19H,6,9,14-15H2,1-2H3. The van der Waals surface area contributed by atoms with Crippen molar-refractivity contribution in [3.05, 3.63) is 54.6 Å². The van der Waals surface area contributed by atoms with Crippen LogP contribution in [0, 0.1) is 0 Å². The third-order valence-electron chi connectivity index (χ3n) is 4.46. The highest BCUT2D eigenvalue weighted by Gasteiger charge is 2.34. The quantitative estimate of drug-likeness (QED) is 0.787. The zero-order chi connectivity index (χ0) is 19.2. The Morgan fingerprint density at radius 2 is 1.63 bits per heavy atom. The first-order valence-corrected chi connectivity index (χ1v) is 9.01. The van der Waals surface area contributed by atoms with E-state index in [9.17, 15) is 9.59 Å². The number of likely N-dealkylation sites (N-methyl/N-ethyl adjacent to an activating group) is 1. The Hall–Kier alpha value is -3.02. The maximum Gasteiger partial charge on any atom is 0.261 e. The first kappa shape index (κ1) is 18.8. The molecule has 1 saturated heterocycles. The number of amides is 2. The lowest BCUT2D eigenvalue weighted by molar-refractivity contribution is -0.143. The van der Waals surface area contributed by atoms with Crippen LogP contribution in [0.5, 0.6) is 17.2 Å². The highest BCUT2D eigenvalue weighted by atomic mass is 16.5. The van der Waals surface area contributed by atoms with Crippen molar-refractivity contribution in [2.45, 2.75) is 18.9 Å². The van der Waals surface area contributed by atoms with Crippen LogP contribution in [0.15, 0.2) is 54.6 Å². The van der Waals surface area contributed by atoms with Crippen molar-refractivity contribution in [3.63, 3.8) is 0 Å². The minimum atomic E-state index is -0.377. The zero-order valence-corrected chi connectivity index (χ0v) is 15.6. The largest absolute Gasteiger partial charge is 0.484 e. The minimum absolute atomic E-state index is 0.0386. The van der Waals surface area contributed by atoms with E-state index in [1.54, 1.807) is 43.3 Å². The molecule has 0 aromatic heterocycles. The monoisotopic (exact) mass is 368 g/mol. The first-order chi connectivity index (χ1) is 13.0. The molecular formula is C21H24N2O4. The van der Waals surface area contributed by atoms with Crippen LogP contribution in [0.2, 0.25) is 0 Å². The van der Waals surface area contributed by atoms with Gasteiger partial charge in [-0.25, -0.2) is 0 Å². The lowest BCUT2D eigenvalue weighted by Gasteiger charge is -2.26. The van der Waals surface area contributed by atoms with Crippen molar-refractivity contribution in [2.75, 3.05) is 27.2 Å². The van der Waals surface area contributed by atoms with Gasteiger partial charge in [0.05, 0.1) is 0 Å². The molecule has 0 radical (unpaired) electrons. The summed E-state index contributed by atoms with van der Waals surface area (Å²) in [6.07, 6.45) is 1.54. The Bertz CT molecular complexity index is 775. The summed E-state index contributed by atoms with van der Waals surface area (Å²) in [5.74, 6) is 1.82. The first-order valence-electron chi connectivity index (χ1n) is 9.01. The summed E-state index contributed by atoms with van der Waals surface area (Å²) in [7, 11) is 3.41. The van der Waals surface area contributed by atoms with Crippen LogP contribution in [0.4, 0.5) is 0 Å². The molecule has 6 heteroatoms. The maximum absolute atomic E-state index is 12.5. The fourth-order valence-corrected chi connectivity index (χ4v) is 3.08. The second kappa shape index (κ2) is 8.58. The zero-order valence-electron chi connectivity index (χ0n) is 15.6. The molecule has 1 atom stereocenters. The smallest absolute Gasteiger partial charge is 0.261 e. The molecule has 27 heavy (non-hydrogen) atoms. The average molecular weight is 368 g/mol. The molecule has 0 N–H and O–H groups in total. The van der Waals surface area contributed by atoms with E-state index in [0.29, 0.717) is 24.5 Å². The molecule has 3 rings (SSSR count). The van der Waals surface area contributed by atoms with E-state index >= 15 is 0 Å². The van der Waals surface area contributed by atoms with Crippen molar-refractivity contribution < 1.29 is 19.1 Å². The van der Waals surface area contributed by atoms with Gasteiger partial charge in [-0.1, -0.05) is 18.2 Å². The van der Waals surface area contributed by atoms with Gasteiger partial charge >= 0.3 is 0 Å². The maximum atomic E-state index is 12.5. The number of carbonyl (C=O) groups is 2. The summed E-state index contributed by atoms with van der Waals surface area (Å²) in [5.41, 5.74) is 0. The van der Waals surface area contributed by atoms with E-state index < -0.39 is 0 Å². The van der Waals surface area contributed by atoms with Crippen molar-refractivity contribution in [1.82, 2.24) is 9.80 Å². The number of likely N-dealkylation sites (tertiary alicyclic amines) is 1. The Morgan fingerprint density at radius 1 is 1.00 bits per heavy atom. The van der Waals surface area contributed by atoms with E-state index in [1.807, 2.05) is 30.3 Å². The second-order valence-corrected chi connectivity index (χ2v) is 6.65.